The third-order valence-corrected chi connectivity index (χ3v) is 4.46. The highest BCUT2D eigenvalue weighted by Crippen LogP contribution is 2.19. The molecule has 1 aromatic heterocycles. The predicted octanol–water partition coefficient (Wildman–Crippen LogP) is 3.77. The third-order valence-electron chi connectivity index (χ3n) is 3.06. The van der Waals surface area contributed by atoms with Gasteiger partial charge in [0, 0.05) is 10.2 Å². The number of carbonyl (C=O) groups excluding carboxylic acids is 2. The van der Waals surface area contributed by atoms with Gasteiger partial charge in [-0.1, -0.05) is 39.8 Å². The molecule has 0 spiro atoms. The Morgan fingerprint density at radius 1 is 1.12 bits per heavy atom. The molecule has 0 aliphatic rings. The lowest BCUT2D eigenvalue weighted by Gasteiger charge is -2.06. The number of amides is 3. The number of aromatic amines is 1. The first kappa shape index (κ1) is 16.5. The van der Waals surface area contributed by atoms with E-state index in [1.165, 1.54) is 11.8 Å². The Morgan fingerprint density at radius 3 is 2.62 bits per heavy atom. The minimum absolute atomic E-state index is 0.0909. The van der Waals surface area contributed by atoms with E-state index in [1.54, 1.807) is 24.3 Å². The summed E-state index contributed by atoms with van der Waals surface area (Å²) in [6, 6.07) is 14.1. The molecule has 3 amide bonds. The molecule has 24 heavy (non-hydrogen) atoms. The third kappa shape index (κ3) is 4.36. The monoisotopic (exact) mass is 404 g/mol. The van der Waals surface area contributed by atoms with Gasteiger partial charge in [-0.2, -0.15) is 0 Å². The summed E-state index contributed by atoms with van der Waals surface area (Å²) in [5.74, 6) is -0.303. The highest BCUT2D eigenvalue weighted by Gasteiger charge is 2.10. The largest absolute Gasteiger partial charge is 0.333 e. The Balaban J connectivity index is 1.49. The van der Waals surface area contributed by atoms with Crippen LogP contribution in [-0.2, 0) is 4.79 Å². The fourth-order valence-electron chi connectivity index (χ4n) is 1.99. The molecule has 1 heterocycles. The van der Waals surface area contributed by atoms with Crippen molar-refractivity contribution >= 4 is 56.4 Å². The Hall–Kier alpha value is -2.32. The number of halogens is 1. The summed E-state index contributed by atoms with van der Waals surface area (Å²) in [7, 11) is 0. The standard InChI is InChI=1S/C16H13BrN4O2S/c17-10-5-7-11(8-6-10)18-15(23)21-14(22)9-24-16-19-12-3-1-2-4-13(12)20-16/h1-8H,9H2,(H,19,20)(H2,18,21,22,23). The van der Waals surface area contributed by atoms with Crippen molar-refractivity contribution in [3.05, 3.63) is 53.0 Å². The minimum atomic E-state index is -0.562. The molecule has 0 unspecified atom stereocenters. The van der Waals surface area contributed by atoms with Crippen molar-refractivity contribution in [1.29, 1.82) is 0 Å². The van der Waals surface area contributed by atoms with Crippen LogP contribution in [0.25, 0.3) is 11.0 Å². The van der Waals surface area contributed by atoms with E-state index in [-0.39, 0.29) is 5.75 Å². The van der Waals surface area contributed by atoms with E-state index in [1.807, 2.05) is 24.3 Å². The molecule has 0 fully saturated rings. The Morgan fingerprint density at radius 2 is 1.88 bits per heavy atom. The van der Waals surface area contributed by atoms with Gasteiger partial charge in [-0.3, -0.25) is 10.1 Å². The number of para-hydroxylation sites is 2. The molecule has 0 saturated heterocycles. The van der Waals surface area contributed by atoms with Gasteiger partial charge in [-0.05, 0) is 36.4 Å². The first-order valence-corrected chi connectivity index (χ1v) is 8.82. The number of rotatable bonds is 4. The quantitative estimate of drug-likeness (QED) is 0.577. The highest BCUT2D eigenvalue weighted by atomic mass is 79.9. The summed E-state index contributed by atoms with van der Waals surface area (Å²) >= 11 is 4.55. The van der Waals surface area contributed by atoms with Gasteiger partial charge in [0.2, 0.25) is 5.91 Å². The number of carbonyl (C=O) groups is 2. The highest BCUT2D eigenvalue weighted by molar-refractivity contribution is 9.10. The number of H-pyrrole nitrogens is 1. The number of benzene rings is 2. The normalized spacial score (nSPS) is 10.5. The van der Waals surface area contributed by atoms with E-state index < -0.39 is 11.9 Å². The van der Waals surface area contributed by atoms with Gasteiger partial charge < -0.3 is 10.3 Å². The lowest BCUT2D eigenvalue weighted by atomic mass is 10.3. The number of urea groups is 1. The van der Waals surface area contributed by atoms with Crippen LogP contribution in [0.5, 0.6) is 0 Å². The lowest BCUT2D eigenvalue weighted by Crippen LogP contribution is -2.35. The zero-order valence-corrected chi connectivity index (χ0v) is 14.8. The van der Waals surface area contributed by atoms with Crippen molar-refractivity contribution in [2.75, 3.05) is 11.1 Å². The number of nitrogens with one attached hydrogen (secondary N) is 3. The molecular weight excluding hydrogens is 392 g/mol. The van der Waals surface area contributed by atoms with Crippen molar-refractivity contribution in [3.8, 4) is 0 Å². The zero-order chi connectivity index (χ0) is 16.9. The van der Waals surface area contributed by atoms with Crippen LogP contribution in [0.3, 0.4) is 0 Å². The van der Waals surface area contributed by atoms with Crippen LogP contribution >= 0.6 is 27.7 Å². The first-order valence-electron chi connectivity index (χ1n) is 7.04. The van der Waals surface area contributed by atoms with E-state index in [0.29, 0.717) is 10.8 Å². The summed E-state index contributed by atoms with van der Waals surface area (Å²) < 4.78 is 0.909. The number of imidazole rings is 1. The van der Waals surface area contributed by atoms with Crippen molar-refractivity contribution in [2.24, 2.45) is 0 Å². The van der Waals surface area contributed by atoms with E-state index >= 15 is 0 Å². The molecule has 122 valence electrons. The second-order valence-electron chi connectivity index (χ2n) is 4.86. The second kappa shape index (κ2) is 7.50. The Labute approximate surface area is 150 Å². The molecule has 0 atom stereocenters. The molecule has 2 aromatic carbocycles. The van der Waals surface area contributed by atoms with E-state index in [9.17, 15) is 9.59 Å². The van der Waals surface area contributed by atoms with Gasteiger partial charge in [-0.15, -0.1) is 0 Å². The lowest BCUT2D eigenvalue weighted by molar-refractivity contribution is -0.117. The Kier molecular flexibility index (Phi) is 5.17. The zero-order valence-electron chi connectivity index (χ0n) is 12.4. The van der Waals surface area contributed by atoms with Crippen LogP contribution in [0.1, 0.15) is 0 Å². The maximum absolute atomic E-state index is 11.8. The molecule has 8 heteroatoms. The van der Waals surface area contributed by atoms with E-state index in [4.69, 9.17) is 0 Å². The SMILES string of the molecule is O=C(CSc1nc2ccccc2[nH]1)NC(=O)Nc1ccc(Br)cc1. The predicted molar refractivity (Wildman–Crippen MR) is 98.1 cm³/mol. The first-order chi connectivity index (χ1) is 11.6. The fraction of sp³-hybridized carbons (Fsp3) is 0.0625. The van der Waals surface area contributed by atoms with Gasteiger partial charge in [-0.25, -0.2) is 9.78 Å². The number of hydrogen-bond acceptors (Lipinski definition) is 4. The fourth-order valence-corrected chi connectivity index (χ4v) is 2.94. The topological polar surface area (TPSA) is 86.9 Å². The van der Waals surface area contributed by atoms with Gasteiger partial charge in [0.15, 0.2) is 5.16 Å². The molecule has 3 rings (SSSR count). The molecule has 0 saturated carbocycles. The molecule has 0 radical (unpaired) electrons. The van der Waals surface area contributed by atoms with Gasteiger partial charge in [0.1, 0.15) is 0 Å². The number of aromatic nitrogens is 2. The van der Waals surface area contributed by atoms with Crippen LogP contribution < -0.4 is 10.6 Å². The van der Waals surface area contributed by atoms with Gasteiger partial charge in [0.25, 0.3) is 0 Å². The van der Waals surface area contributed by atoms with Crippen molar-refractivity contribution in [2.45, 2.75) is 5.16 Å². The maximum Gasteiger partial charge on any atom is 0.325 e. The maximum atomic E-state index is 11.8. The van der Waals surface area contributed by atoms with Gasteiger partial charge >= 0.3 is 6.03 Å². The Bertz CT molecular complexity index is 846. The van der Waals surface area contributed by atoms with Crippen LogP contribution in [0.4, 0.5) is 10.5 Å². The number of fused-ring (bicyclic) bond motifs is 1. The van der Waals surface area contributed by atoms with Crippen molar-refractivity contribution in [1.82, 2.24) is 15.3 Å². The summed E-state index contributed by atoms with van der Waals surface area (Å²) in [4.78, 5) is 31.1. The summed E-state index contributed by atoms with van der Waals surface area (Å²) in [5, 5.41) is 5.52. The van der Waals surface area contributed by atoms with Crippen LogP contribution in [0.15, 0.2) is 58.2 Å². The number of anilines is 1. The van der Waals surface area contributed by atoms with Crippen LogP contribution in [0, 0.1) is 0 Å². The molecule has 6 nitrogen and oxygen atoms in total. The minimum Gasteiger partial charge on any atom is -0.333 e. The summed E-state index contributed by atoms with van der Waals surface area (Å²) in [6.45, 7) is 0. The number of imide groups is 1. The van der Waals surface area contributed by atoms with E-state index in [2.05, 4.69) is 36.5 Å². The summed E-state index contributed by atoms with van der Waals surface area (Å²) in [5.41, 5.74) is 2.36. The average Bonchev–Trinajstić information content (AvgIpc) is 2.98. The molecule has 3 aromatic rings. The van der Waals surface area contributed by atoms with Crippen LogP contribution in [-0.4, -0.2) is 27.7 Å². The second-order valence-corrected chi connectivity index (χ2v) is 6.74. The number of thioether (sulfide) groups is 1. The number of nitrogens with zero attached hydrogens (tertiary/aromatic N) is 1. The molecule has 3 N–H and O–H groups in total. The molecule has 0 aliphatic heterocycles. The molecular formula is C16H13BrN4O2S. The van der Waals surface area contributed by atoms with Crippen molar-refractivity contribution in [3.63, 3.8) is 0 Å². The smallest absolute Gasteiger partial charge is 0.325 e. The average molecular weight is 405 g/mol. The summed E-state index contributed by atoms with van der Waals surface area (Å²) in [6.07, 6.45) is 0. The number of hydrogen-bond donors (Lipinski definition) is 3. The molecule has 0 aliphatic carbocycles. The molecule has 0 bridgehead atoms. The van der Waals surface area contributed by atoms with Crippen molar-refractivity contribution < 1.29 is 9.59 Å². The van der Waals surface area contributed by atoms with Crippen LogP contribution in [0.2, 0.25) is 0 Å². The van der Waals surface area contributed by atoms with Gasteiger partial charge in [0.05, 0.1) is 16.8 Å². The van der Waals surface area contributed by atoms with E-state index in [0.717, 1.165) is 15.5 Å².